The van der Waals surface area contributed by atoms with Crippen molar-refractivity contribution in [1.29, 1.82) is 0 Å². The Hall–Kier alpha value is -0.860. The molecule has 15 heavy (non-hydrogen) atoms. The van der Waals surface area contributed by atoms with Crippen molar-refractivity contribution in [3.8, 4) is 0 Å². The molecule has 3 nitrogen and oxygen atoms in total. The average molecular weight is 214 g/mol. The number of hydrogen-bond acceptors (Lipinski definition) is 3. The van der Waals surface area contributed by atoms with E-state index in [0.717, 1.165) is 12.8 Å². The number of ether oxygens (including phenoxy) is 1. The first-order valence-corrected chi connectivity index (χ1v) is 5.52. The Kier molecular flexibility index (Phi) is 6.21. The third-order valence-corrected chi connectivity index (χ3v) is 2.03. The van der Waals surface area contributed by atoms with Crippen LogP contribution in [0.3, 0.4) is 0 Å². The van der Waals surface area contributed by atoms with Crippen molar-refractivity contribution in [1.82, 2.24) is 0 Å². The fourth-order valence-electron chi connectivity index (χ4n) is 1.28. The van der Waals surface area contributed by atoms with Gasteiger partial charge >= 0.3 is 5.97 Å². The van der Waals surface area contributed by atoms with E-state index in [-0.39, 0.29) is 17.6 Å². The fraction of sp³-hybridized carbons (Fsp3) is 0.833. The summed E-state index contributed by atoms with van der Waals surface area (Å²) in [6.07, 6.45) is 2.26. The largest absolute Gasteiger partial charge is 0.466 e. The van der Waals surface area contributed by atoms with Crippen LogP contribution in [-0.4, -0.2) is 18.4 Å². The Morgan fingerprint density at radius 3 is 2.27 bits per heavy atom. The first-order valence-electron chi connectivity index (χ1n) is 5.52. The molecule has 0 saturated heterocycles. The van der Waals surface area contributed by atoms with Crippen molar-refractivity contribution in [3.63, 3.8) is 0 Å². The van der Waals surface area contributed by atoms with Crippen molar-refractivity contribution in [2.75, 3.05) is 6.61 Å². The molecule has 0 N–H and O–H groups in total. The fourth-order valence-corrected chi connectivity index (χ4v) is 1.28. The van der Waals surface area contributed by atoms with E-state index in [2.05, 4.69) is 20.8 Å². The predicted octanol–water partition coefficient (Wildman–Crippen LogP) is 2.73. The second-order valence-corrected chi connectivity index (χ2v) is 4.93. The zero-order chi connectivity index (χ0) is 11.9. The minimum atomic E-state index is -0.404. The highest BCUT2D eigenvalue weighted by molar-refractivity contribution is 5.95. The van der Waals surface area contributed by atoms with Crippen molar-refractivity contribution < 1.29 is 14.3 Å². The first kappa shape index (κ1) is 14.1. The Labute approximate surface area is 92.2 Å². The van der Waals surface area contributed by atoms with Gasteiger partial charge in [0.05, 0.1) is 6.61 Å². The smallest absolute Gasteiger partial charge is 0.313 e. The number of hydrogen-bond donors (Lipinski definition) is 0. The summed E-state index contributed by atoms with van der Waals surface area (Å²) >= 11 is 0. The molecule has 0 atom stereocenters. The lowest BCUT2D eigenvalue weighted by Gasteiger charge is -2.17. The van der Waals surface area contributed by atoms with Crippen LogP contribution in [0.1, 0.15) is 53.4 Å². The lowest BCUT2D eigenvalue weighted by Crippen LogP contribution is -2.12. The van der Waals surface area contributed by atoms with Gasteiger partial charge in [0.25, 0.3) is 0 Å². The molecule has 0 radical (unpaired) electrons. The van der Waals surface area contributed by atoms with Gasteiger partial charge in [-0.1, -0.05) is 20.8 Å². The molecule has 0 rings (SSSR count). The number of Topliss-reactive ketones (excluding diaryl/α,β-unsaturated/α-hetero) is 1. The lowest BCUT2D eigenvalue weighted by atomic mass is 9.89. The predicted molar refractivity (Wildman–Crippen MR) is 59.6 cm³/mol. The molecule has 0 bridgehead atoms. The summed E-state index contributed by atoms with van der Waals surface area (Å²) in [4.78, 5) is 22.3. The van der Waals surface area contributed by atoms with Gasteiger partial charge < -0.3 is 4.74 Å². The summed E-state index contributed by atoms with van der Waals surface area (Å²) < 4.78 is 4.70. The zero-order valence-electron chi connectivity index (χ0n) is 10.3. The van der Waals surface area contributed by atoms with Crippen LogP contribution in [0.2, 0.25) is 0 Å². The van der Waals surface area contributed by atoms with E-state index < -0.39 is 5.97 Å². The standard InChI is InChI=1S/C12H22O3/c1-5-15-11(14)9-10(13)7-6-8-12(2,3)4/h5-9H2,1-4H3. The Morgan fingerprint density at radius 2 is 1.80 bits per heavy atom. The maximum absolute atomic E-state index is 11.3. The van der Waals surface area contributed by atoms with Crippen LogP contribution in [0.15, 0.2) is 0 Å². The molecule has 0 aliphatic carbocycles. The van der Waals surface area contributed by atoms with Crippen LogP contribution < -0.4 is 0 Å². The monoisotopic (exact) mass is 214 g/mol. The summed E-state index contributed by atoms with van der Waals surface area (Å²) in [7, 11) is 0. The SMILES string of the molecule is CCOC(=O)CC(=O)CCCC(C)(C)C. The maximum atomic E-state index is 11.3. The Bertz CT molecular complexity index is 213. The van der Waals surface area contributed by atoms with E-state index >= 15 is 0 Å². The molecule has 0 aromatic heterocycles. The number of rotatable bonds is 6. The number of esters is 1. The van der Waals surface area contributed by atoms with E-state index in [1.165, 1.54) is 0 Å². The average Bonchev–Trinajstić information content (AvgIpc) is 2.01. The van der Waals surface area contributed by atoms with E-state index in [4.69, 9.17) is 4.74 Å². The summed E-state index contributed by atoms with van der Waals surface area (Å²) in [5.41, 5.74) is 0.254. The van der Waals surface area contributed by atoms with Crippen LogP contribution in [0, 0.1) is 5.41 Å². The topological polar surface area (TPSA) is 43.4 Å². The van der Waals surface area contributed by atoms with E-state index in [1.807, 2.05) is 0 Å². The van der Waals surface area contributed by atoms with Gasteiger partial charge in [-0.25, -0.2) is 0 Å². The van der Waals surface area contributed by atoms with Gasteiger partial charge in [0, 0.05) is 6.42 Å². The minimum Gasteiger partial charge on any atom is -0.466 e. The third-order valence-electron chi connectivity index (χ3n) is 2.03. The van der Waals surface area contributed by atoms with Crippen molar-refractivity contribution >= 4 is 11.8 Å². The van der Waals surface area contributed by atoms with Crippen LogP contribution in [0.25, 0.3) is 0 Å². The summed E-state index contributed by atoms with van der Waals surface area (Å²) in [5.74, 6) is -0.420. The highest BCUT2D eigenvalue weighted by atomic mass is 16.5. The Balaban J connectivity index is 3.62. The lowest BCUT2D eigenvalue weighted by molar-refractivity contribution is -0.145. The number of carbonyl (C=O) groups excluding carboxylic acids is 2. The molecule has 0 spiro atoms. The van der Waals surface area contributed by atoms with Gasteiger partial charge in [0.15, 0.2) is 0 Å². The van der Waals surface area contributed by atoms with Gasteiger partial charge in [0.1, 0.15) is 12.2 Å². The normalized spacial score (nSPS) is 11.2. The van der Waals surface area contributed by atoms with Crippen LogP contribution in [0.4, 0.5) is 0 Å². The molecule has 3 heteroatoms. The molecular weight excluding hydrogens is 192 g/mol. The Morgan fingerprint density at radius 1 is 1.20 bits per heavy atom. The van der Waals surface area contributed by atoms with Gasteiger partial charge in [-0.2, -0.15) is 0 Å². The minimum absolute atomic E-state index is 0.0160. The molecular formula is C12H22O3. The third kappa shape index (κ3) is 9.44. The second kappa shape index (κ2) is 6.59. The second-order valence-electron chi connectivity index (χ2n) is 4.93. The van der Waals surface area contributed by atoms with Gasteiger partial charge in [-0.05, 0) is 25.2 Å². The quantitative estimate of drug-likeness (QED) is 0.504. The summed E-state index contributed by atoms with van der Waals surface area (Å²) in [6, 6.07) is 0. The van der Waals surface area contributed by atoms with E-state index in [1.54, 1.807) is 6.92 Å². The molecule has 0 aliphatic rings. The maximum Gasteiger partial charge on any atom is 0.313 e. The highest BCUT2D eigenvalue weighted by Gasteiger charge is 2.13. The molecule has 0 fully saturated rings. The number of ketones is 1. The number of carbonyl (C=O) groups is 2. The van der Waals surface area contributed by atoms with E-state index in [9.17, 15) is 9.59 Å². The first-order chi connectivity index (χ1) is 6.85. The summed E-state index contributed by atoms with van der Waals surface area (Å²) in [5, 5.41) is 0. The molecule has 0 unspecified atom stereocenters. The van der Waals surface area contributed by atoms with Gasteiger partial charge in [-0.3, -0.25) is 9.59 Å². The van der Waals surface area contributed by atoms with Crippen molar-refractivity contribution in [3.05, 3.63) is 0 Å². The van der Waals surface area contributed by atoms with Crippen LogP contribution in [0.5, 0.6) is 0 Å². The van der Waals surface area contributed by atoms with Crippen molar-refractivity contribution in [2.45, 2.75) is 53.4 Å². The van der Waals surface area contributed by atoms with Crippen molar-refractivity contribution in [2.24, 2.45) is 5.41 Å². The highest BCUT2D eigenvalue weighted by Crippen LogP contribution is 2.21. The van der Waals surface area contributed by atoms with Crippen LogP contribution >= 0.6 is 0 Å². The molecule has 0 aliphatic heterocycles. The molecule has 0 amide bonds. The van der Waals surface area contributed by atoms with Crippen LogP contribution in [-0.2, 0) is 14.3 Å². The van der Waals surface area contributed by atoms with E-state index in [0.29, 0.717) is 13.0 Å². The molecule has 0 aromatic rings. The summed E-state index contributed by atoms with van der Waals surface area (Å²) in [6.45, 7) is 8.50. The molecule has 0 saturated carbocycles. The zero-order valence-corrected chi connectivity index (χ0v) is 10.3. The van der Waals surface area contributed by atoms with Gasteiger partial charge in [0.2, 0.25) is 0 Å². The van der Waals surface area contributed by atoms with Gasteiger partial charge in [-0.15, -0.1) is 0 Å². The molecule has 88 valence electrons. The molecule has 0 aromatic carbocycles. The molecule has 0 heterocycles.